The van der Waals surface area contributed by atoms with Crippen molar-refractivity contribution in [3.8, 4) is 0 Å². The van der Waals surface area contributed by atoms with Crippen molar-refractivity contribution in [2.75, 3.05) is 19.6 Å². The van der Waals surface area contributed by atoms with Gasteiger partial charge >= 0.3 is 11.8 Å². The Morgan fingerprint density at radius 3 is 2.58 bits per heavy atom. The average molecular weight is 364 g/mol. The number of likely N-dealkylation sites (tertiary alicyclic amines) is 1. The van der Waals surface area contributed by atoms with Gasteiger partial charge in [-0.15, -0.1) is 11.3 Å². The predicted molar refractivity (Wildman–Crippen MR) is 97.0 cm³/mol. The van der Waals surface area contributed by atoms with Gasteiger partial charge in [0.25, 0.3) is 0 Å². The number of thiophene rings is 2. The summed E-state index contributed by atoms with van der Waals surface area (Å²) in [4.78, 5) is 27.4. The molecule has 0 bridgehead atoms. The minimum atomic E-state index is -0.575. The van der Waals surface area contributed by atoms with Gasteiger partial charge in [0.1, 0.15) is 0 Å². The van der Waals surface area contributed by atoms with Crippen LogP contribution < -0.4 is 10.6 Å². The van der Waals surface area contributed by atoms with E-state index in [-0.39, 0.29) is 6.04 Å². The minimum Gasteiger partial charge on any atom is -0.346 e. The third-order valence-electron chi connectivity index (χ3n) is 4.17. The summed E-state index contributed by atoms with van der Waals surface area (Å²) in [7, 11) is 0. The molecular weight excluding hydrogens is 342 g/mol. The molecule has 1 atom stereocenters. The van der Waals surface area contributed by atoms with Crippen LogP contribution in [0.5, 0.6) is 0 Å². The monoisotopic (exact) mass is 363 g/mol. The van der Waals surface area contributed by atoms with Gasteiger partial charge in [-0.3, -0.25) is 14.5 Å². The maximum absolute atomic E-state index is 12.1. The fourth-order valence-electron chi connectivity index (χ4n) is 2.91. The number of carbonyl (C=O) groups is 2. The first kappa shape index (κ1) is 17.1. The number of nitrogens with zero attached hydrogens (tertiary/aromatic N) is 1. The van der Waals surface area contributed by atoms with Gasteiger partial charge in [-0.05, 0) is 59.8 Å². The van der Waals surface area contributed by atoms with Gasteiger partial charge < -0.3 is 10.6 Å². The first-order valence-electron chi connectivity index (χ1n) is 8.08. The predicted octanol–water partition coefficient (Wildman–Crippen LogP) is 2.38. The van der Waals surface area contributed by atoms with E-state index in [1.54, 1.807) is 22.7 Å². The van der Waals surface area contributed by atoms with Crippen molar-refractivity contribution in [3.63, 3.8) is 0 Å². The summed E-state index contributed by atoms with van der Waals surface area (Å²) in [6, 6.07) is 6.10. The van der Waals surface area contributed by atoms with Gasteiger partial charge in [-0.25, -0.2) is 0 Å². The Hall–Kier alpha value is -1.70. The van der Waals surface area contributed by atoms with Gasteiger partial charge in [0.2, 0.25) is 0 Å². The van der Waals surface area contributed by atoms with Gasteiger partial charge in [0, 0.05) is 11.4 Å². The molecule has 128 valence electrons. The van der Waals surface area contributed by atoms with Crippen molar-refractivity contribution in [1.29, 1.82) is 0 Å². The molecule has 5 nitrogen and oxygen atoms in total. The first-order chi connectivity index (χ1) is 11.7. The van der Waals surface area contributed by atoms with Crippen molar-refractivity contribution >= 4 is 34.5 Å². The van der Waals surface area contributed by atoms with E-state index in [0.29, 0.717) is 13.1 Å². The maximum Gasteiger partial charge on any atom is 0.309 e. The molecule has 2 N–H and O–H groups in total. The second-order valence-electron chi connectivity index (χ2n) is 5.79. The van der Waals surface area contributed by atoms with E-state index >= 15 is 0 Å². The van der Waals surface area contributed by atoms with Crippen LogP contribution in [0.25, 0.3) is 0 Å². The maximum atomic E-state index is 12.1. The van der Waals surface area contributed by atoms with Crippen LogP contribution in [0, 0.1) is 0 Å². The van der Waals surface area contributed by atoms with Gasteiger partial charge in [0.15, 0.2) is 0 Å². The van der Waals surface area contributed by atoms with E-state index in [2.05, 4.69) is 27.0 Å². The Morgan fingerprint density at radius 2 is 1.92 bits per heavy atom. The number of nitrogens with one attached hydrogen (secondary N) is 2. The fraction of sp³-hybridized carbons (Fsp3) is 0.412. The molecule has 1 saturated heterocycles. The van der Waals surface area contributed by atoms with Gasteiger partial charge in [-0.2, -0.15) is 11.3 Å². The molecule has 3 rings (SSSR count). The summed E-state index contributed by atoms with van der Waals surface area (Å²) in [5.41, 5.74) is 1.21. The van der Waals surface area contributed by atoms with E-state index < -0.39 is 11.8 Å². The lowest BCUT2D eigenvalue weighted by Gasteiger charge is -2.27. The molecule has 2 aromatic heterocycles. The molecule has 2 aromatic rings. The summed E-state index contributed by atoms with van der Waals surface area (Å²) in [5.74, 6) is -1.14. The Bertz CT molecular complexity index is 649. The second kappa shape index (κ2) is 8.41. The van der Waals surface area contributed by atoms with Crippen LogP contribution in [0.1, 0.15) is 29.3 Å². The molecule has 0 aromatic carbocycles. The standard InChI is InChI=1S/C17H21N3O2S2/c21-16(18-10-14-4-3-8-24-14)17(22)19-11-15(13-5-9-23-12-13)20-6-1-2-7-20/h3-5,8-9,12,15H,1-2,6-7,10-11H2,(H,18,21)(H,19,22)/t15-/m0/s1. The SMILES string of the molecule is O=C(NCc1cccs1)C(=O)NC[C@@H](c1ccsc1)N1CCCC1. The topological polar surface area (TPSA) is 61.4 Å². The van der Waals surface area contributed by atoms with Crippen LogP contribution in [0.3, 0.4) is 0 Å². The second-order valence-corrected chi connectivity index (χ2v) is 7.60. The fourth-order valence-corrected chi connectivity index (χ4v) is 4.26. The Kier molecular flexibility index (Phi) is 6.01. The summed E-state index contributed by atoms with van der Waals surface area (Å²) in [6.07, 6.45) is 2.38. The Morgan fingerprint density at radius 1 is 1.12 bits per heavy atom. The smallest absolute Gasteiger partial charge is 0.309 e. The molecular formula is C17H21N3O2S2. The molecule has 0 aliphatic carbocycles. The Balaban J connectivity index is 1.51. The van der Waals surface area contributed by atoms with Crippen molar-refractivity contribution in [2.45, 2.75) is 25.4 Å². The quantitative estimate of drug-likeness (QED) is 0.775. The first-order valence-corrected chi connectivity index (χ1v) is 9.91. The van der Waals surface area contributed by atoms with Crippen LogP contribution in [0.15, 0.2) is 34.3 Å². The van der Waals surface area contributed by atoms with Crippen LogP contribution >= 0.6 is 22.7 Å². The Labute approximate surface area is 149 Å². The van der Waals surface area contributed by atoms with Crippen LogP contribution in [-0.4, -0.2) is 36.3 Å². The van der Waals surface area contributed by atoms with Crippen LogP contribution in [0.4, 0.5) is 0 Å². The molecule has 1 fully saturated rings. The van der Waals surface area contributed by atoms with Crippen molar-refractivity contribution in [3.05, 3.63) is 44.8 Å². The zero-order valence-corrected chi connectivity index (χ0v) is 15.0. The van der Waals surface area contributed by atoms with Crippen molar-refractivity contribution in [1.82, 2.24) is 15.5 Å². The highest BCUT2D eigenvalue weighted by molar-refractivity contribution is 7.09. The average Bonchev–Trinajstić information content (AvgIpc) is 3.35. The third kappa shape index (κ3) is 4.43. The zero-order valence-electron chi connectivity index (χ0n) is 13.4. The molecule has 3 heterocycles. The van der Waals surface area contributed by atoms with Crippen molar-refractivity contribution in [2.24, 2.45) is 0 Å². The molecule has 7 heteroatoms. The molecule has 1 aliphatic heterocycles. The number of amides is 2. The number of carbonyl (C=O) groups excluding carboxylic acids is 2. The normalized spacial score (nSPS) is 16.0. The lowest BCUT2D eigenvalue weighted by molar-refractivity contribution is -0.139. The molecule has 0 unspecified atom stereocenters. The largest absolute Gasteiger partial charge is 0.346 e. The van der Waals surface area contributed by atoms with Gasteiger partial charge in [0.05, 0.1) is 12.6 Å². The molecule has 0 saturated carbocycles. The number of hydrogen-bond donors (Lipinski definition) is 2. The lowest BCUT2D eigenvalue weighted by Crippen LogP contribution is -2.43. The summed E-state index contributed by atoms with van der Waals surface area (Å²) >= 11 is 3.21. The molecule has 24 heavy (non-hydrogen) atoms. The highest BCUT2D eigenvalue weighted by Crippen LogP contribution is 2.26. The molecule has 1 aliphatic rings. The van der Waals surface area contributed by atoms with E-state index in [0.717, 1.165) is 18.0 Å². The van der Waals surface area contributed by atoms with Gasteiger partial charge in [-0.1, -0.05) is 6.07 Å². The molecule has 0 spiro atoms. The number of rotatable bonds is 6. The van der Waals surface area contributed by atoms with Crippen LogP contribution in [-0.2, 0) is 16.1 Å². The lowest BCUT2D eigenvalue weighted by atomic mass is 10.1. The van der Waals surface area contributed by atoms with E-state index in [1.165, 1.54) is 18.4 Å². The third-order valence-corrected chi connectivity index (χ3v) is 5.75. The van der Waals surface area contributed by atoms with E-state index in [1.807, 2.05) is 22.9 Å². The molecule has 0 radical (unpaired) electrons. The highest BCUT2D eigenvalue weighted by atomic mass is 32.1. The summed E-state index contributed by atoms with van der Waals surface area (Å²) < 4.78 is 0. The molecule has 2 amide bonds. The zero-order chi connectivity index (χ0) is 16.8. The highest BCUT2D eigenvalue weighted by Gasteiger charge is 2.25. The van der Waals surface area contributed by atoms with Crippen LogP contribution in [0.2, 0.25) is 0 Å². The minimum absolute atomic E-state index is 0.146. The summed E-state index contributed by atoms with van der Waals surface area (Å²) in [5, 5.41) is 11.6. The van der Waals surface area contributed by atoms with Crippen molar-refractivity contribution < 1.29 is 9.59 Å². The van der Waals surface area contributed by atoms with E-state index in [9.17, 15) is 9.59 Å². The summed E-state index contributed by atoms with van der Waals surface area (Å²) in [6.45, 7) is 2.94. The van der Waals surface area contributed by atoms with E-state index in [4.69, 9.17) is 0 Å². The number of hydrogen-bond acceptors (Lipinski definition) is 5.